The molecular weight excluding hydrogens is 330 g/mol. The van der Waals surface area contributed by atoms with Gasteiger partial charge >= 0.3 is 0 Å². The first-order valence-corrected chi connectivity index (χ1v) is 8.40. The topological polar surface area (TPSA) is 68.4 Å². The quantitative estimate of drug-likeness (QED) is 0.536. The number of nitro groups is 1. The van der Waals surface area contributed by atoms with E-state index in [-0.39, 0.29) is 17.6 Å². The molecule has 0 fully saturated rings. The van der Waals surface area contributed by atoms with Crippen LogP contribution in [0.1, 0.15) is 27.7 Å². The highest BCUT2D eigenvalue weighted by Gasteiger charge is 2.32. The van der Waals surface area contributed by atoms with Gasteiger partial charge < -0.3 is 9.47 Å². The second-order valence-corrected chi connectivity index (χ2v) is 6.24. The third-order valence-electron chi connectivity index (χ3n) is 4.74. The van der Waals surface area contributed by atoms with Gasteiger partial charge in [-0.05, 0) is 29.8 Å². The Morgan fingerprint density at radius 2 is 1.69 bits per heavy atom. The summed E-state index contributed by atoms with van der Waals surface area (Å²) < 4.78 is 2.16. The first kappa shape index (κ1) is 16.1. The second-order valence-electron chi connectivity index (χ2n) is 6.24. The summed E-state index contributed by atoms with van der Waals surface area (Å²) in [6.07, 6.45) is 2.03. The molecule has 0 radical (unpaired) electrons. The van der Waals surface area contributed by atoms with Crippen LogP contribution in [0, 0.1) is 10.1 Å². The zero-order chi connectivity index (χ0) is 18.1. The Labute approximate surface area is 150 Å². The highest BCUT2D eigenvalue weighted by atomic mass is 16.6. The van der Waals surface area contributed by atoms with Crippen LogP contribution in [0.2, 0.25) is 0 Å². The van der Waals surface area contributed by atoms with Gasteiger partial charge in [0.15, 0.2) is 0 Å². The lowest BCUT2D eigenvalue weighted by molar-refractivity contribution is -0.384. The molecule has 1 atom stereocenters. The van der Waals surface area contributed by atoms with E-state index in [4.69, 9.17) is 0 Å². The van der Waals surface area contributed by atoms with Crippen molar-refractivity contribution in [3.63, 3.8) is 0 Å². The van der Waals surface area contributed by atoms with E-state index < -0.39 is 4.92 Å². The highest BCUT2D eigenvalue weighted by Crippen LogP contribution is 2.33. The van der Waals surface area contributed by atoms with Crippen LogP contribution in [0.5, 0.6) is 0 Å². The summed E-state index contributed by atoms with van der Waals surface area (Å²) in [4.78, 5) is 25.4. The predicted molar refractivity (Wildman–Crippen MR) is 96.8 cm³/mol. The molecule has 26 heavy (non-hydrogen) atoms. The number of benzene rings is 2. The molecule has 0 saturated carbocycles. The molecule has 1 amide bonds. The molecule has 2 aromatic carbocycles. The third-order valence-corrected chi connectivity index (χ3v) is 4.74. The van der Waals surface area contributed by atoms with E-state index in [0.29, 0.717) is 12.1 Å². The summed E-state index contributed by atoms with van der Waals surface area (Å²) in [6, 6.07) is 19.6. The van der Waals surface area contributed by atoms with Crippen LogP contribution in [-0.4, -0.2) is 26.8 Å². The molecule has 6 nitrogen and oxygen atoms in total. The maximum Gasteiger partial charge on any atom is 0.269 e. The van der Waals surface area contributed by atoms with Crippen LogP contribution in [0.4, 0.5) is 5.69 Å². The maximum absolute atomic E-state index is 13.1. The monoisotopic (exact) mass is 347 g/mol. The molecule has 0 N–H and O–H groups in total. The van der Waals surface area contributed by atoms with E-state index in [1.165, 1.54) is 24.3 Å². The summed E-state index contributed by atoms with van der Waals surface area (Å²) in [5.74, 6) is -0.124. The molecule has 0 unspecified atom stereocenters. The first-order chi connectivity index (χ1) is 12.6. The van der Waals surface area contributed by atoms with E-state index in [9.17, 15) is 14.9 Å². The number of non-ortho nitro benzene ring substituents is 1. The van der Waals surface area contributed by atoms with E-state index >= 15 is 0 Å². The number of hydrogen-bond acceptors (Lipinski definition) is 3. The lowest BCUT2D eigenvalue weighted by atomic mass is 9.99. The molecule has 0 aliphatic carbocycles. The van der Waals surface area contributed by atoms with E-state index in [1.807, 2.05) is 53.6 Å². The number of amides is 1. The van der Waals surface area contributed by atoms with Gasteiger partial charge in [0, 0.05) is 42.7 Å². The van der Waals surface area contributed by atoms with Gasteiger partial charge in [-0.1, -0.05) is 30.3 Å². The average Bonchev–Trinajstić information content (AvgIpc) is 3.16. The molecule has 1 aliphatic heterocycles. The smallest absolute Gasteiger partial charge is 0.269 e. The molecular formula is C20H17N3O3. The highest BCUT2D eigenvalue weighted by molar-refractivity contribution is 5.95. The van der Waals surface area contributed by atoms with Gasteiger partial charge in [0.05, 0.1) is 11.0 Å². The van der Waals surface area contributed by atoms with Gasteiger partial charge in [-0.2, -0.15) is 0 Å². The Morgan fingerprint density at radius 1 is 0.962 bits per heavy atom. The molecule has 1 aliphatic rings. The van der Waals surface area contributed by atoms with Gasteiger partial charge in [-0.3, -0.25) is 14.9 Å². The SMILES string of the molecule is O=C(c1ccc([N+](=O)[O-])cc1)N1CCn2cccc2[C@H]1c1ccccc1. The summed E-state index contributed by atoms with van der Waals surface area (Å²) in [7, 11) is 0. The maximum atomic E-state index is 13.1. The largest absolute Gasteiger partial charge is 0.348 e. The van der Waals surface area contributed by atoms with Crippen LogP contribution in [0.3, 0.4) is 0 Å². The number of fused-ring (bicyclic) bond motifs is 1. The van der Waals surface area contributed by atoms with Gasteiger partial charge in [-0.25, -0.2) is 0 Å². The van der Waals surface area contributed by atoms with Crippen molar-refractivity contribution >= 4 is 11.6 Å². The fraction of sp³-hybridized carbons (Fsp3) is 0.150. The molecule has 0 saturated heterocycles. The number of nitro benzene ring substituents is 1. The Morgan fingerprint density at radius 3 is 2.38 bits per heavy atom. The molecule has 4 rings (SSSR count). The fourth-order valence-corrected chi connectivity index (χ4v) is 3.48. The summed E-state index contributed by atoms with van der Waals surface area (Å²) in [5, 5.41) is 10.8. The number of aromatic nitrogens is 1. The van der Waals surface area contributed by atoms with Gasteiger partial charge in [-0.15, -0.1) is 0 Å². The van der Waals surface area contributed by atoms with Crippen LogP contribution < -0.4 is 0 Å². The molecule has 2 heterocycles. The second kappa shape index (κ2) is 6.48. The van der Waals surface area contributed by atoms with Crippen molar-refractivity contribution in [3.05, 3.63) is 99.9 Å². The molecule has 0 bridgehead atoms. The first-order valence-electron chi connectivity index (χ1n) is 8.40. The Hall–Kier alpha value is -3.41. The summed E-state index contributed by atoms with van der Waals surface area (Å²) >= 11 is 0. The number of hydrogen-bond donors (Lipinski definition) is 0. The van der Waals surface area contributed by atoms with Crippen LogP contribution >= 0.6 is 0 Å². The standard InChI is InChI=1S/C20H17N3O3/c24-20(16-8-10-17(11-9-16)23(25)26)22-14-13-21-12-4-7-18(21)19(22)15-5-2-1-3-6-15/h1-12,19H,13-14H2/t19-/m1/s1. The van der Waals surface area contributed by atoms with E-state index in [1.54, 1.807) is 0 Å². The van der Waals surface area contributed by atoms with E-state index in [0.717, 1.165) is 17.8 Å². The van der Waals surface area contributed by atoms with Crippen molar-refractivity contribution in [1.29, 1.82) is 0 Å². The number of carbonyl (C=O) groups is 1. The van der Waals surface area contributed by atoms with Crippen LogP contribution in [0.15, 0.2) is 72.9 Å². The lowest BCUT2D eigenvalue weighted by Gasteiger charge is -2.37. The van der Waals surface area contributed by atoms with Crippen LogP contribution in [0.25, 0.3) is 0 Å². The Kier molecular flexibility index (Phi) is 4.01. The molecule has 3 aromatic rings. The molecule has 6 heteroatoms. The molecule has 0 spiro atoms. The Balaban J connectivity index is 1.72. The van der Waals surface area contributed by atoms with Gasteiger partial charge in [0.2, 0.25) is 0 Å². The van der Waals surface area contributed by atoms with Crippen molar-refractivity contribution in [2.75, 3.05) is 6.54 Å². The lowest BCUT2D eigenvalue weighted by Crippen LogP contribution is -2.42. The average molecular weight is 347 g/mol. The number of carbonyl (C=O) groups excluding carboxylic acids is 1. The number of nitrogens with zero attached hydrogens (tertiary/aromatic N) is 3. The number of rotatable bonds is 3. The minimum absolute atomic E-state index is 0.0197. The van der Waals surface area contributed by atoms with Crippen LogP contribution in [-0.2, 0) is 6.54 Å². The minimum atomic E-state index is -0.463. The third kappa shape index (κ3) is 2.75. The van der Waals surface area contributed by atoms with Crippen molar-refractivity contribution < 1.29 is 9.72 Å². The summed E-state index contributed by atoms with van der Waals surface area (Å²) in [6.45, 7) is 1.31. The summed E-state index contributed by atoms with van der Waals surface area (Å²) in [5.41, 5.74) is 2.55. The van der Waals surface area contributed by atoms with Crippen molar-refractivity contribution in [3.8, 4) is 0 Å². The van der Waals surface area contributed by atoms with Crippen molar-refractivity contribution in [2.45, 2.75) is 12.6 Å². The van der Waals surface area contributed by atoms with Crippen molar-refractivity contribution in [1.82, 2.24) is 9.47 Å². The predicted octanol–water partition coefficient (Wildman–Crippen LogP) is 3.64. The normalized spacial score (nSPS) is 16.2. The molecule has 1 aromatic heterocycles. The minimum Gasteiger partial charge on any atom is -0.348 e. The van der Waals surface area contributed by atoms with E-state index in [2.05, 4.69) is 4.57 Å². The Bertz CT molecular complexity index is 948. The van der Waals surface area contributed by atoms with Gasteiger partial charge in [0.1, 0.15) is 0 Å². The van der Waals surface area contributed by atoms with Crippen molar-refractivity contribution in [2.24, 2.45) is 0 Å². The zero-order valence-electron chi connectivity index (χ0n) is 14.0. The fourth-order valence-electron chi connectivity index (χ4n) is 3.48. The zero-order valence-corrected chi connectivity index (χ0v) is 14.0. The van der Waals surface area contributed by atoms with Gasteiger partial charge in [0.25, 0.3) is 11.6 Å². The molecule has 130 valence electrons.